The van der Waals surface area contributed by atoms with E-state index >= 15 is 0 Å². The van der Waals surface area contributed by atoms with Crippen LogP contribution in [0.1, 0.15) is 25.8 Å². The molecule has 0 aliphatic rings. The maximum Gasteiger partial charge on any atom is 0.316 e. The summed E-state index contributed by atoms with van der Waals surface area (Å²) >= 11 is 0. The van der Waals surface area contributed by atoms with Gasteiger partial charge in [-0.1, -0.05) is 6.07 Å². The van der Waals surface area contributed by atoms with Crippen molar-refractivity contribution in [3.8, 4) is 11.5 Å². The summed E-state index contributed by atoms with van der Waals surface area (Å²) in [6.45, 7) is 4.86. The molecule has 0 amide bonds. The Morgan fingerprint density at radius 3 is 2.52 bits per heavy atom. The van der Waals surface area contributed by atoms with Gasteiger partial charge in [-0.05, 0) is 24.6 Å². The van der Waals surface area contributed by atoms with Crippen LogP contribution >= 0.6 is 0 Å². The Kier molecular flexibility index (Phi) is 7.29. The van der Waals surface area contributed by atoms with Crippen molar-refractivity contribution >= 4 is 11.7 Å². The fourth-order valence-corrected chi connectivity index (χ4v) is 1.95. The van der Waals surface area contributed by atoms with E-state index in [0.717, 1.165) is 35.7 Å². The van der Waals surface area contributed by atoms with E-state index in [-0.39, 0.29) is 5.97 Å². The largest absolute Gasteiger partial charge is 0.493 e. The molecule has 1 aromatic rings. The van der Waals surface area contributed by atoms with E-state index in [0.29, 0.717) is 13.0 Å². The van der Waals surface area contributed by atoms with Crippen LogP contribution in [-0.4, -0.2) is 39.1 Å². The van der Waals surface area contributed by atoms with Crippen LogP contribution in [0.15, 0.2) is 18.2 Å². The number of esters is 1. The van der Waals surface area contributed by atoms with Gasteiger partial charge in [0, 0.05) is 13.3 Å². The monoisotopic (exact) mass is 294 g/mol. The summed E-state index contributed by atoms with van der Waals surface area (Å²) in [5, 5.41) is 0. The van der Waals surface area contributed by atoms with Crippen molar-refractivity contribution in [2.45, 2.75) is 26.7 Å². The Bertz CT molecular complexity index is 497. The lowest BCUT2D eigenvalue weighted by Crippen LogP contribution is -2.73. The molecule has 0 atom stereocenters. The van der Waals surface area contributed by atoms with Crippen LogP contribution in [0.3, 0.4) is 0 Å². The van der Waals surface area contributed by atoms with Gasteiger partial charge < -0.3 is 14.2 Å². The van der Waals surface area contributed by atoms with Gasteiger partial charge in [0.15, 0.2) is 17.2 Å². The van der Waals surface area contributed by atoms with Gasteiger partial charge in [-0.25, -0.2) is 4.99 Å². The number of ether oxygens (including phenoxy) is 3. The highest BCUT2D eigenvalue weighted by Gasteiger charge is 2.09. The minimum absolute atomic E-state index is 0.200. The molecule has 5 heteroatoms. The number of hydrogen-bond donors (Lipinski definition) is 1. The van der Waals surface area contributed by atoms with E-state index in [1.165, 1.54) is 0 Å². The van der Waals surface area contributed by atoms with Gasteiger partial charge in [-0.3, -0.25) is 4.79 Å². The molecule has 0 spiro atoms. The first-order valence-corrected chi connectivity index (χ1v) is 7.03. The number of hydrogen-bond acceptors (Lipinski definition) is 4. The predicted octanol–water partition coefficient (Wildman–Crippen LogP) is 0.741. The normalized spacial score (nSPS) is 11.1. The molecule has 0 aliphatic carbocycles. The molecule has 1 aromatic carbocycles. The molecule has 0 saturated carbocycles. The summed E-state index contributed by atoms with van der Waals surface area (Å²) in [7, 11) is 3.24. The maximum absolute atomic E-state index is 11.3. The second kappa shape index (κ2) is 9.00. The van der Waals surface area contributed by atoms with Gasteiger partial charge in [0.2, 0.25) is 0 Å². The van der Waals surface area contributed by atoms with Crippen LogP contribution in [-0.2, 0) is 16.0 Å². The van der Waals surface area contributed by atoms with Crippen LogP contribution < -0.4 is 14.5 Å². The minimum Gasteiger partial charge on any atom is -0.493 e. The SMILES string of the molecule is CCOC(=O)CC(C)=[NH+]CCc1ccc(OC)c(OC)c1. The number of nitrogens with one attached hydrogen (secondary N) is 1. The molecular formula is C16H24NO4+. The van der Waals surface area contributed by atoms with Gasteiger partial charge in [0.25, 0.3) is 0 Å². The second-order valence-electron chi connectivity index (χ2n) is 4.63. The standard InChI is InChI=1S/C16H23NO4/c1-5-21-16(18)10-12(2)17-9-8-13-6-7-14(19-3)15(11-13)20-4/h6-7,11H,5,8-10H2,1-4H3/p+1. The lowest BCUT2D eigenvalue weighted by Gasteiger charge is -2.08. The third-order valence-electron chi connectivity index (χ3n) is 3.00. The predicted molar refractivity (Wildman–Crippen MR) is 81.0 cm³/mol. The molecule has 0 unspecified atom stereocenters. The first-order valence-electron chi connectivity index (χ1n) is 7.03. The zero-order valence-electron chi connectivity index (χ0n) is 13.2. The average Bonchev–Trinajstić information content (AvgIpc) is 2.47. The first-order chi connectivity index (χ1) is 10.1. The van der Waals surface area contributed by atoms with Gasteiger partial charge in [0.1, 0.15) is 13.0 Å². The summed E-state index contributed by atoms with van der Waals surface area (Å²) in [5.74, 6) is 1.25. The molecule has 21 heavy (non-hydrogen) atoms. The quantitative estimate of drug-likeness (QED) is 0.567. The Morgan fingerprint density at radius 2 is 1.90 bits per heavy atom. The number of carbonyl (C=O) groups is 1. The Morgan fingerprint density at radius 1 is 1.19 bits per heavy atom. The average molecular weight is 294 g/mol. The third kappa shape index (κ3) is 5.85. The highest BCUT2D eigenvalue weighted by atomic mass is 16.5. The van der Waals surface area contributed by atoms with E-state index in [4.69, 9.17) is 14.2 Å². The van der Waals surface area contributed by atoms with E-state index in [2.05, 4.69) is 4.99 Å². The lowest BCUT2D eigenvalue weighted by molar-refractivity contribution is -0.457. The molecule has 0 aliphatic heterocycles. The summed E-state index contributed by atoms with van der Waals surface area (Å²) in [5.41, 5.74) is 2.05. The number of methoxy groups -OCH3 is 2. The van der Waals surface area contributed by atoms with Crippen LogP contribution in [0.2, 0.25) is 0 Å². The zero-order valence-corrected chi connectivity index (χ0v) is 13.2. The van der Waals surface area contributed by atoms with Crippen LogP contribution in [0.5, 0.6) is 11.5 Å². The van der Waals surface area contributed by atoms with Crippen LogP contribution in [0.4, 0.5) is 0 Å². The van der Waals surface area contributed by atoms with Crippen molar-refractivity contribution in [3.63, 3.8) is 0 Å². The molecule has 0 heterocycles. The van der Waals surface area contributed by atoms with Gasteiger partial charge in [-0.15, -0.1) is 0 Å². The summed E-state index contributed by atoms with van der Waals surface area (Å²) < 4.78 is 15.4. The topological polar surface area (TPSA) is 58.7 Å². The lowest BCUT2D eigenvalue weighted by atomic mass is 10.1. The Hall–Kier alpha value is -2.04. The number of benzene rings is 1. The summed E-state index contributed by atoms with van der Waals surface area (Å²) in [6.07, 6.45) is 1.14. The Balaban J connectivity index is 2.53. The minimum atomic E-state index is -0.200. The zero-order chi connectivity index (χ0) is 15.7. The molecule has 116 valence electrons. The molecule has 0 bridgehead atoms. The van der Waals surface area contributed by atoms with Gasteiger partial charge in [-0.2, -0.15) is 0 Å². The molecule has 5 nitrogen and oxygen atoms in total. The van der Waals surface area contributed by atoms with Crippen LogP contribution in [0, 0.1) is 0 Å². The fourth-order valence-electron chi connectivity index (χ4n) is 1.95. The highest BCUT2D eigenvalue weighted by Crippen LogP contribution is 2.27. The number of rotatable bonds is 8. The molecule has 0 fully saturated rings. The van der Waals surface area contributed by atoms with Crippen molar-refractivity contribution in [1.29, 1.82) is 0 Å². The van der Waals surface area contributed by atoms with E-state index < -0.39 is 0 Å². The van der Waals surface area contributed by atoms with Crippen molar-refractivity contribution < 1.29 is 24.0 Å². The maximum atomic E-state index is 11.3. The molecular weight excluding hydrogens is 270 g/mol. The Labute approximate surface area is 125 Å². The smallest absolute Gasteiger partial charge is 0.316 e. The van der Waals surface area contributed by atoms with Crippen molar-refractivity contribution in [2.75, 3.05) is 27.4 Å². The van der Waals surface area contributed by atoms with Crippen LogP contribution in [0.25, 0.3) is 0 Å². The van der Waals surface area contributed by atoms with Gasteiger partial charge >= 0.3 is 5.97 Å². The third-order valence-corrected chi connectivity index (χ3v) is 3.00. The fraction of sp³-hybridized carbons (Fsp3) is 0.500. The van der Waals surface area contributed by atoms with Crippen molar-refractivity contribution in [3.05, 3.63) is 23.8 Å². The van der Waals surface area contributed by atoms with E-state index in [9.17, 15) is 4.79 Å². The summed E-state index contributed by atoms with van der Waals surface area (Å²) in [4.78, 5) is 14.6. The van der Waals surface area contributed by atoms with Gasteiger partial charge in [0.05, 0.1) is 20.8 Å². The highest BCUT2D eigenvalue weighted by molar-refractivity contribution is 5.94. The molecule has 1 rings (SSSR count). The van der Waals surface area contributed by atoms with E-state index in [1.54, 1.807) is 21.1 Å². The van der Waals surface area contributed by atoms with Crippen molar-refractivity contribution in [2.24, 2.45) is 0 Å². The summed E-state index contributed by atoms with van der Waals surface area (Å²) in [6, 6.07) is 5.86. The van der Waals surface area contributed by atoms with E-state index in [1.807, 2.05) is 25.1 Å². The molecule has 0 aromatic heterocycles. The second-order valence-corrected chi connectivity index (χ2v) is 4.63. The van der Waals surface area contributed by atoms with Crippen molar-refractivity contribution in [1.82, 2.24) is 0 Å². The number of carbonyl (C=O) groups excluding carboxylic acids is 1. The first kappa shape index (κ1) is 17.0. The molecule has 0 saturated heterocycles. The molecule has 1 N–H and O–H groups in total. The molecule has 0 radical (unpaired) electrons.